The number of amides is 1. The molecular formula is C16H16ClNO2. The Bertz CT molecular complexity index is 599. The summed E-state index contributed by atoms with van der Waals surface area (Å²) in [5, 5.41) is 3.15. The molecule has 2 aromatic carbocycles. The fourth-order valence-electron chi connectivity index (χ4n) is 1.86. The van der Waals surface area contributed by atoms with Gasteiger partial charge in [0.15, 0.2) is 0 Å². The number of rotatable bonds is 4. The zero-order valence-corrected chi connectivity index (χ0v) is 12.1. The monoisotopic (exact) mass is 289 g/mol. The van der Waals surface area contributed by atoms with Crippen LogP contribution in [0.3, 0.4) is 0 Å². The Balaban J connectivity index is 2.12. The van der Waals surface area contributed by atoms with E-state index >= 15 is 0 Å². The Labute approximate surface area is 123 Å². The summed E-state index contributed by atoms with van der Waals surface area (Å²) < 4.78 is 5.85. The number of carbonyl (C=O) groups excluding carboxylic acids is 1. The van der Waals surface area contributed by atoms with Gasteiger partial charge in [-0.1, -0.05) is 41.9 Å². The first-order valence-corrected chi connectivity index (χ1v) is 6.73. The van der Waals surface area contributed by atoms with E-state index in [-0.39, 0.29) is 12.0 Å². The predicted molar refractivity (Wildman–Crippen MR) is 81.2 cm³/mol. The van der Waals surface area contributed by atoms with E-state index in [1.165, 1.54) is 6.92 Å². The van der Waals surface area contributed by atoms with Gasteiger partial charge < -0.3 is 10.1 Å². The molecule has 3 nitrogen and oxygen atoms in total. The molecule has 0 aliphatic carbocycles. The number of halogens is 1. The zero-order valence-electron chi connectivity index (χ0n) is 11.4. The highest BCUT2D eigenvalue weighted by atomic mass is 35.5. The lowest BCUT2D eigenvalue weighted by Gasteiger charge is -2.16. The number of anilines is 1. The lowest BCUT2D eigenvalue weighted by molar-refractivity contribution is -0.114. The van der Waals surface area contributed by atoms with E-state index in [9.17, 15) is 4.79 Å². The van der Waals surface area contributed by atoms with Crippen LogP contribution in [-0.2, 0) is 4.79 Å². The van der Waals surface area contributed by atoms with Crippen LogP contribution in [0.15, 0.2) is 48.5 Å². The average Bonchev–Trinajstić information content (AvgIpc) is 2.42. The molecule has 0 aliphatic rings. The Morgan fingerprint density at radius 1 is 1.20 bits per heavy atom. The van der Waals surface area contributed by atoms with Gasteiger partial charge in [-0.05, 0) is 30.7 Å². The molecule has 4 heteroatoms. The molecule has 0 radical (unpaired) electrons. The first-order valence-electron chi connectivity index (χ1n) is 6.35. The number of nitrogens with one attached hydrogen (secondary N) is 1. The highest BCUT2D eigenvalue weighted by molar-refractivity contribution is 6.32. The van der Waals surface area contributed by atoms with E-state index in [0.29, 0.717) is 16.5 Å². The summed E-state index contributed by atoms with van der Waals surface area (Å²) in [5.74, 6) is 0.463. The first kappa shape index (κ1) is 14.4. The van der Waals surface area contributed by atoms with Crippen molar-refractivity contribution < 1.29 is 9.53 Å². The van der Waals surface area contributed by atoms with Crippen LogP contribution in [0.1, 0.15) is 25.5 Å². The number of benzene rings is 2. The summed E-state index contributed by atoms with van der Waals surface area (Å²) >= 11 is 6.17. The minimum absolute atomic E-state index is 0.0969. The fraction of sp³-hybridized carbons (Fsp3) is 0.188. The van der Waals surface area contributed by atoms with Crippen molar-refractivity contribution in [3.05, 3.63) is 59.1 Å². The summed E-state index contributed by atoms with van der Waals surface area (Å²) in [6.07, 6.45) is -0.0969. The summed E-state index contributed by atoms with van der Waals surface area (Å²) in [7, 11) is 0. The molecule has 0 saturated carbocycles. The molecule has 0 unspecified atom stereocenters. The fourth-order valence-corrected chi connectivity index (χ4v) is 2.09. The van der Waals surface area contributed by atoms with Gasteiger partial charge in [0, 0.05) is 12.6 Å². The average molecular weight is 290 g/mol. The van der Waals surface area contributed by atoms with Crippen molar-refractivity contribution in [1.29, 1.82) is 0 Å². The Kier molecular flexibility index (Phi) is 4.64. The molecule has 1 amide bonds. The van der Waals surface area contributed by atoms with E-state index < -0.39 is 0 Å². The molecule has 2 rings (SSSR count). The molecule has 0 aromatic heterocycles. The minimum atomic E-state index is -0.132. The molecule has 0 spiro atoms. The van der Waals surface area contributed by atoms with Gasteiger partial charge >= 0.3 is 0 Å². The number of hydrogen-bond acceptors (Lipinski definition) is 2. The lowest BCUT2D eigenvalue weighted by atomic mass is 10.1. The maximum absolute atomic E-state index is 11.0. The van der Waals surface area contributed by atoms with E-state index in [1.54, 1.807) is 18.2 Å². The maximum atomic E-state index is 11.0. The molecule has 1 atom stereocenters. The quantitative estimate of drug-likeness (QED) is 0.904. The third kappa shape index (κ3) is 3.75. The van der Waals surface area contributed by atoms with Gasteiger partial charge in [0.1, 0.15) is 11.9 Å². The van der Waals surface area contributed by atoms with Crippen molar-refractivity contribution in [3.63, 3.8) is 0 Å². The van der Waals surface area contributed by atoms with Crippen LogP contribution < -0.4 is 10.1 Å². The van der Waals surface area contributed by atoms with E-state index in [1.807, 2.05) is 37.3 Å². The second kappa shape index (κ2) is 6.44. The van der Waals surface area contributed by atoms with E-state index in [2.05, 4.69) is 5.32 Å². The molecule has 0 bridgehead atoms. The van der Waals surface area contributed by atoms with E-state index in [4.69, 9.17) is 16.3 Å². The standard InChI is InChI=1S/C16H16ClNO2/c1-11(13-6-4-3-5-7-13)20-16-9-8-14(10-15(16)17)18-12(2)19/h3-11H,1-2H3,(H,18,19)/t11-/m0/s1. The second-order valence-electron chi connectivity index (χ2n) is 4.50. The molecule has 0 fully saturated rings. The van der Waals surface area contributed by atoms with Crippen molar-refractivity contribution in [2.45, 2.75) is 20.0 Å². The Morgan fingerprint density at radius 3 is 2.50 bits per heavy atom. The normalized spacial score (nSPS) is 11.8. The second-order valence-corrected chi connectivity index (χ2v) is 4.90. The van der Waals surface area contributed by atoms with Crippen LogP contribution in [0.2, 0.25) is 5.02 Å². The van der Waals surface area contributed by atoms with Crippen molar-refractivity contribution in [3.8, 4) is 5.75 Å². The van der Waals surface area contributed by atoms with Crippen LogP contribution in [0.4, 0.5) is 5.69 Å². The van der Waals surface area contributed by atoms with Crippen LogP contribution in [-0.4, -0.2) is 5.91 Å². The largest absolute Gasteiger partial charge is 0.484 e. The highest BCUT2D eigenvalue weighted by Gasteiger charge is 2.10. The molecule has 20 heavy (non-hydrogen) atoms. The van der Waals surface area contributed by atoms with Gasteiger partial charge in [-0.2, -0.15) is 0 Å². The molecule has 0 saturated heterocycles. The Hall–Kier alpha value is -2.00. The lowest BCUT2D eigenvalue weighted by Crippen LogP contribution is -2.06. The third-order valence-corrected chi connectivity index (χ3v) is 3.12. The van der Waals surface area contributed by atoms with Crippen molar-refractivity contribution in [1.82, 2.24) is 0 Å². The first-order chi connectivity index (χ1) is 9.56. The minimum Gasteiger partial charge on any atom is -0.484 e. The summed E-state index contributed by atoms with van der Waals surface area (Å²) in [6.45, 7) is 3.42. The smallest absolute Gasteiger partial charge is 0.221 e. The van der Waals surface area contributed by atoms with Gasteiger partial charge in [-0.25, -0.2) is 0 Å². The summed E-state index contributed by atoms with van der Waals surface area (Å²) in [5.41, 5.74) is 1.73. The number of hydrogen-bond donors (Lipinski definition) is 1. The predicted octanol–water partition coefficient (Wildman–Crippen LogP) is 4.44. The molecule has 1 N–H and O–H groups in total. The maximum Gasteiger partial charge on any atom is 0.221 e. The topological polar surface area (TPSA) is 38.3 Å². The summed E-state index contributed by atoms with van der Waals surface area (Å²) in [4.78, 5) is 11.0. The van der Waals surface area contributed by atoms with Gasteiger partial charge in [0.2, 0.25) is 5.91 Å². The Morgan fingerprint density at radius 2 is 1.90 bits per heavy atom. The van der Waals surface area contributed by atoms with Gasteiger partial charge in [-0.15, -0.1) is 0 Å². The van der Waals surface area contributed by atoms with Crippen molar-refractivity contribution in [2.24, 2.45) is 0 Å². The van der Waals surface area contributed by atoms with Gasteiger partial charge in [0.25, 0.3) is 0 Å². The molecular weight excluding hydrogens is 274 g/mol. The zero-order chi connectivity index (χ0) is 14.5. The van der Waals surface area contributed by atoms with Crippen LogP contribution in [0.25, 0.3) is 0 Å². The molecule has 0 aliphatic heterocycles. The highest BCUT2D eigenvalue weighted by Crippen LogP contribution is 2.31. The summed E-state index contributed by atoms with van der Waals surface area (Å²) in [6, 6.07) is 15.1. The van der Waals surface area contributed by atoms with Crippen molar-refractivity contribution >= 4 is 23.2 Å². The molecule has 2 aromatic rings. The molecule has 104 valence electrons. The van der Waals surface area contributed by atoms with Crippen LogP contribution in [0.5, 0.6) is 5.75 Å². The van der Waals surface area contributed by atoms with Crippen LogP contribution in [0, 0.1) is 0 Å². The van der Waals surface area contributed by atoms with E-state index in [0.717, 1.165) is 5.56 Å². The molecule has 0 heterocycles. The van der Waals surface area contributed by atoms with Gasteiger partial charge in [0.05, 0.1) is 5.02 Å². The van der Waals surface area contributed by atoms with Crippen LogP contribution >= 0.6 is 11.6 Å². The SMILES string of the molecule is CC(=O)Nc1ccc(O[C@@H](C)c2ccccc2)c(Cl)c1. The number of carbonyl (C=O) groups is 1. The number of ether oxygens (including phenoxy) is 1. The van der Waals surface area contributed by atoms with Crippen molar-refractivity contribution in [2.75, 3.05) is 5.32 Å². The third-order valence-electron chi connectivity index (χ3n) is 2.82. The van der Waals surface area contributed by atoms with Gasteiger partial charge in [-0.3, -0.25) is 4.79 Å².